The molecule has 2 atom stereocenters. The summed E-state index contributed by atoms with van der Waals surface area (Å²) in [6.45, 7) is 0.765. The number of ether oxygens (including phenoxy) is 2. The first-order valence-electron chi connectivity index (χ1n) is 7.75. The van der Waals surface area contributed by atoms with Crippen molar-refractivity contribution < 1.29 is 9.47 Å². The molecule has 1 spiro atoms. The minimum absolute atomic E-state index is 0.273. The predicted molar refractivity (Wildman–Crippen MR) is 79.9 cm³/mol. The van der Waals surface area contributed by atoms with E-state index in [1.807, 2.05) is 0 Å². The molecule has 0 bridgehead atoms. The van der Waals surface area contributed by atoms with Gasteiger partial charge in [0.25, 0.3) is 0 Å². The summed E-state index contributed by atoms with van der Waals surface area (Å²) in [5, 5.41) is 0. The van der Waals surface area contributed by atoms with Gasteiger partial charge in [0.05, 0.1) is 6.61 Å². The Bertz CT molecular complexity index is 437. The smallest absolute Gasteiger partial charge is 0.119 e. The van der Waals surface area contributed by atoms with E-state index >= 15 is 0 Å². The molecule has 20 heavy (non-hydrogen) atoms. The van der Waals surface area contributed by atoms with Crippen LogP contribution in [0.3, 0.4) is 0 Å². The Labute approximate surface area is 121 Å². The first-order chi connectivity index (χ1) is 9.74. The topological polar surface area (TPSA) is 44.5 Å². The maximum atomic E-state index is 6.25. The second-order valence-corrected chi connectivity index (χ2v) is 6.28. The Kier molecular flexibility index (Phi) is 3.99. The van der Waals surface area contributed by atoms with Gasteiger partial charge in [0, 0.05) is 25.0 Å². The van der Waals surface area contributed by atoms with Crippen molar-refractivity contribution in [2.24, 2.45) is 11.1 Å². The Morgan fingerprint density at radius 2 is 1.90 bits per heavy atom. The van der Waals surface area contributed by atoms with Crippen LogP contribution in [0.15, 0.2) is 24.3 Å². The molecule has 0 heterocycles. The molecule has 2 aliphatic carbocycles. The summed E-state index contributed by atoms with van der Waals surface area (Å²) in [6, 6.07) is 8.77. The molecule has 3 nitrogen and oxygen atoms in total. The number of rotatable bonds is 5. The van der Waals surface area contributed by atoms with Crippen molar-refractivity contribution in [2.45, 2.75) is 50.7 Å². The minimum Gasteiger partial charge on any atom is -0.490 e. The molecular formula is C17H25NO2. The molecule has 1 aromatic rings. The monoisotopic (exact) mass is 275 g/mol. The summed E-state index contributed by atoms with van der Waals surface area (Å²) >= 11 is 0. The van der Waals surface area contributed by atoms with Crippen LogP contribution in [0.2, 0.25) is 0 Å². The number of hydrogen-bond donors (Lipinski definition) is 1. The van der Waals surface area contributed by atoms with Gasteiger partial charge in [-0.3, -0.25) is 0 Å². The Morgan fingerprint density at radius 3 is 2.50 bits per heavy atom. The van der Waals surface area contributed by atoms with Crippen molar-refractivity contribution in [1.82, 2.24) is 0 Å². The van der Waals surface area contributed by atoms with E-state index in [4.69, 9.17) is 15.2 Å². The fourth-order valence-corrected chi connectivity index (χ4v) is 3.79. The second-order valence-electron chi connectivity index (χ2n) is 6.28. The molecule has 0 amide bonds. The highest BCUT2D eigenvalue weighted by molar-refractivity contribution is 5.28. The van der Waals surface area contributed by atoms with Crippen LogP contribution >= 0.6 is 0 Å². The summed E-state index contributed by atoms with van der Waals surface area (Å²) in [4.78, 5) is 0. The highest BCUT2D eigenvalue weighted by Crippen LogP contribution is 2.53. The molecule has 110 valence electrons. The predicted octanol–water partition coefficient (Wildman–Crippen LogP) is 2.91. The van der Waals surface area contributed by atoms with Crippen molar-refractivity contribution in [3.05, 3.63) is 29.8 Å². The van der Waals surface area contributed by atoms with Crippen LogP contribution in [0.1, 0.15) is 37.7 Å². The number of hydrogen-bond acceptors (Lipinski definition) is 3. The quantitative estimate of drug-likeness (QED) is 0.898. The van der Waals surface area contributed by atoms with Crippen LogP contribution in [-0.2, 0) is 11.2 Å². The highest BCUT2D eigenvalue weighted by atomic mass is 16.5. The molecule has 1 aromatic carbocycles. The summed E-state index contributed by atoms with van der Waals surface area (Å²) in [5.41, 5.74) is 7.81. The molecule has 2 unspecified atom stereocenters. The summed E-state index contributed by atoms with van der Waals surface area (Å²) in [7, 11) is 1.73. The van der Waals surface area contributed by atoms with Crippen LogP contribution in [0.25, 0.3) is 0 Å². The van der Waals surface area contributed by atoms with E-state index < -0.39 is 0 Å². The third-order valence-electron chi connectivity index (χ3n) is 5.18. The zero-order valence-electron chi connectivity index (χ0n) is 12.3. The second kappa shape index (κ2) is 5.74. The molecular weight excluding hydrogens is 250 g/mol. The van der Waals surface area contributed by atoms with Crippen molar-refractivity contribution in [2.75, 3.05) is 13.7 Å². The van der Waals surface area contributed by atoms with Gasteiger partial charge in [-0.05, 0) is 37.0 Å². The average molecular weight is 275 g/mol. The number of methoxy groups -OCH3 is 1. The molecule has 0 radical (unpaired) electrons. The lowest BCUT2D eigenvalue weighted by Gasteiger charge is -2.52. The van der Waals surface area contributed by atoms with Crippen molar-refractivity contribution >= 4 is 0 Å². The lowest BCUT2D eigenvalue weighted by molar-refractivity contribution is -0.0620. The molecule has 2 saturated carbocycles. The van der Waals surface area contributed by atoms with E-state index in [0.29, 0.717) is 12.1 Å². The van der Waals surface area contributed by atoms with Gasteiger partial charge >= 0.3 is 0 Å². The summed E-state index contributed by atoms with van der Waals surface area (Å²) in [6.07, 6.45) is 7.38. The van der Waals surface area contributed by atoms with Crippen LogP contribution in [0, 0.1) is 5.41 Å². The van der Waals surface area contributed by atoms with Gasteiger partial charge in [-0.1, -0.05) is 25.0 Å². The van der Waals surface area contributed by atoms with E-state index in [-0.39, 0.29) is 5.41 Å². The first-order valence-corrected chi connectivity index (χ1v) is 7.75. The molecule has 0 saturated heterocycles. The molecule has 0 aliphatic heterocycles. The van der Waals surface area contributed by atoms with Gasteiger partial charge < -0.3 is 15.2 Å². The van der Waals surface area contributed by atoms with Crippen molar-refractivity contribution in [3.63, 3.8) is 0 Å². The fourth-order valence-electron chi connectivity index (χ4n) is 3.79. The molecule has 2 aliphatic rings. The van der Waals surface area contributed by atoms with E-state index in [1.54, 1.807) is 7.11 Å². The van der Waals surface area contributed by atoms with Crippen LogP contribution in [0.5, 0.6) is 5.75 Å². The van der Waals surface area contributed by atoms with Gasteiger partial charge in [-0.25, -0.2) is 0 Å². The maximum Gasteiger partial charge on any atom is 0.119 e. The van der Waals surface area contributed by atoms with Gasteiger partial charge in [-0.2, -0.15) is 0 Å². The van der Waals surface area contributed by atoms with E-state index in [1.165, 1.54) is 31.2 Å². The third kappa shape index (κ3) is 2.45. The zero-order valence-corrected chi connectivity index (χ0v) is 12.3. The summed E-state index contributed by atoms with van der Waals surface area (Å²) < 4.78 is 11.3. The largest absolute Gasteiger partial charge is 0.490 e. The number of nitrogens with two attached hydrogens (primary N) is 1. The first kappa shape index (κ1) is 13.9. The van der Waals surface area contributed by atoms with Crippen LogP contribution in [0.4, 0.5) is 0 Å². The molecule has 2 N–H and O–H groups in total. The summed E-state index contributed by atoms with van der Waals surface area (Å²) in [5.74, 6) is 0.981. The van der Waals surface area contributed by atoms with Crippen LogP contribution < -0.4 is 10.5 Å². The minimum atomic E-state index is 0.273. The lowest BCUT2D eigenvalue weighted by Crippen LogP contribution is -2.62. The molecule has 2 fully saturated rings. The average Bonchev–Trinajstić information content (AvgIpc) is 2.99. The molecule has 3 heteroatoms. The Morgan fingerprint density at radius 1 is 1.20 bits per heavy atom. The third-order valence-corrected chi connectivity index (χ3v) is 5.18. The normalized spacial score (nSPS) is 27.5. The zero-order chi connectivity index (χ0) is 14.0. The van der Waals surface area contributed by atoms with E-state index in [0.717, 1.165) is 25.2 Å². The van der Waals surface area contributed by atoms with Crippen molar-refractivity contribution in [1.29, 1.82) is 0 Å². The molecule has 0 aromatic heterocycles. The maximum absolute atomic E-state index is 6.25. The fraction of sp³-hybridized carbons (Fsp3) is 0.647. The standard InChI is InChI=1S/C17H25NO2/c1-19-11-8-13-4-6-14(7-5-13)20-16-12-15(18)17(16)9-2-3-10-17/h4-7,15-16H,2-3,8-12,18H2,1H3. The van der Waals surface area contributed by atoms with Gasteiger partial charge in [-0.15, -0.1) is 0 Å². The Balaban J connectivity index is 1.60. The van der Waals surface area contributed by atoms with Gasteiger partial charge in [0.1, 0.15) is 11.9 Å². The Hall–Kier alpha value is -1.06. The van der Waals surface area contributed by atoms with Gasteiger partial charge in [0.2, 0.25) is 0 Å². The highest BCUT2D eigenvalue weighted by Gasteiger charge is 2.55. The molecule has 3 rings (SSSR count). The lowest BCUT2D eigenvalue weighted by atomic mass is 9.61. The van der Waals surface area contributed by atoms with Gasteiger partial charge in [0.15, 0.2) is 0 Å². The van der Waals surface area contributed by atoms with Crippen molar-refractivity contribution in [3.8, 4) is 5.75 Å². The number of benzene rings is 1. The van der Waals surface area contributed by atoms with E-state index in [9.17, 15) is 0 Å². The van der Waals surface area contributed by atoms with E-state index in [2.05, 4.69) is 24.3 Å². The van der Waals surface area contributed by atoms with Crippen LogP contribution in [-0.4, -0.2) is 25.9 Å². The SMILES string of the molecule is COCCc1ccc(OC2CC(N)C23CCCC3)cc1.